The van der Waals surface area contributed by atoms with Crippen LogP contribution in [0.5, 0.6) is 0 Å². The Morgan fingerprint density at radius 3 is 2.60 bits per heavy atom. The Labute approximate surface area is 90.3 Å². The number of nitrogens with two attached hydrogens (primary N) is 1. The maximum Gasteiger partial charge on any atom is 0.325 e. The number of rotatable bonds is 2. The number of benzene rings is 1. The van der Waals surface area contributed by atoms with Gasteiger partial charge in [0.1, 0.15) is 0 Å². The lowest BCUT2D eigenvalue weighted by molar-refractivity contribution is 0.256. The Morgan fingerprint density at radius 2 is 2.07 bits per heavy atom. The first-order chi connectivity index (χ1) is 7.29. The zero-order chi connectivity index (χ0) is 10.7. The average molecular weight is 220 g/mol. The molecule has 2 rings (SSSR count). The summed E-state index contributed by atoms with van der Waals surface area (Å²) < 4.78 is 3.69. The van der Waals surface area contributed by atoms with Crippen LogP contribution < -0.4 is 10.6 Å². The summed E-state index contributed by atoms with van der Waals surface area (Å²) in [5.74, 6) is 0.443. The summed E-state index contributed by atoms with van der Waals surface area (Å²) in [5.41, 5.74) is 5.96. The Bertz CT molecular complexity index is 442. The lowest BCUT2D eigenvalue weighted by Gasteiger charge is -2.16. The first-order valence-corrected chi connectivity index (χ1v) is 5.04. The maximum absolute atomic E-state index is 11.3. The minimum Gasteiger partial charge on any atom is -0.351 e. The van der Waals surface area contributed by atoms with Gasteiger partial charge in [-0.05, 0) is 23.7 Å². The molecule has 15 heavy (non-hydrogen) atoms. The Balaban J connectivity index is 2.42. The molecule has 1 aromatic heterocycles. The molecule has 0 saturated heterocycles. The molecular weight excluding hydrogens is 212 g/mol. The number of anilines is 2. The van der Waals surface area contributed by atoms with Crippen molar-refractivity contribution in [2.45, 2.75) is 0 Å². The molecule has 0 saturated carbocycles. The predicted octanol–water partition coefficient (Wildman–Crippen LogP) is 1.75. The van der Waals surface area contributed by atoms with Gasteiger partial charge in [-0.2, -0.15) is 0 Å². The summed E-state index contributed by atoms with van der Waals surface area (Å²) in [6.45, 7) is 0. The van der Waals surface area contributed by atoms with Crippen molar-refractivity contribution < 1.29 is 4.79 Å². The summed E-state index contributed by atoms with van der Waals surface area (Å²) in [6.07, 6.45) is 0. The van der Waals surface area contributed by atoms with E-state index < -0.39 is 6.03 Å². The Morgan fingerprint density at radius 1 is 1.33 bits per heavy atom. The first-order valence-electron chi connectivity index (χ1n) is 4.20. The van der Waals surface area contributed by atoms with Crippen LogP contribution in [0.15, 0.2) is 35.7 Å². The van der Waals surface area contributed by atoms with Crippen LogP contribution in [0.1, 0.15) is 0 Å². The molecule has 0 fully saturated rings. The minimum atomic E-state index is -0.575. The number of carbonyl (C=O) groups excluding carboxylic acids is 1. The predicted molar refractivity (Wildman–Crippen MR) is 58.1 cm³/mol. The molecule has 0 aliphatic rings. The van der Waals surface area contributed by atoms with Gasteiger partial charge in [0.25, 0.3) is 0 Å². The molecule has 2 aromatic rings. The van der Waals surface area contributed by atoms with Crippen molar-refractivity contribution in [3.05, 3.63) is 35.7 Å². The van der Waals surface area contributed by atoms with E-state index in [1.54, 1.807) is 17.5 Å². The van der Waals surface area contributed by atoms with Gasteiger partial charge in [-0.25, -0.2) is 9.69 Å². The average Bonchev–Trinajstić information content (AvgIpc) is 2.72. The fourth-order valence-electron chi connectivity index (χ4n) is 1.21. The van der Waals surface area contributed by atoms with Crippen molar-refractivity contribution in [1.82, 2.24) is 9.59 Å². The fourth-order valence-corrected chi connectivity index (χ4v) is 1.63. The van der Waals surface area contributed by atoms with Gasteiger partial charge in [-0.15, -0.1) is 5.10 Å². The van der Waals surface area contributed by atoms with Crippen LogP contribution >= 0.6 is 11.5 Å². The summed E-state index contributed by atoms with van der Waals surface area (Å²) in [4.78, 5) is 12.6. The number of nitrogens with zero attached hydrogens (tertiary/aromatic N) is 3. The molecule has 0 atom stereocenters. The second kappa shape index (κ2) is 4.05. The zero-order valence-corrected chi connectivity index (χ0v) is 8.52. The molecule has 0 aliphatic heterocycles. The Kier molecular flexibility index (Phi) is 2.59. The van der Waals surface area contributed by atoms with Crippen LogP contribution in [0.25, 0.3) is 0 Å². The highest BCUT2D eigenvalue weighted by Gasteiger charge is 2.16. The van der Waals surface area contributed by atoms with Crippen LogP contribution in [0, 0.1) is 0 Å². The zero-order valence-electron chi connectivity index (χ0n) is 7.70. The number of hydrogen-bond donors (Lipinski definition) is 1. The lowest BCUT2D eigenvalue weighted by atomic mass is 10.3. The molecule has 1 heterocycles. The molecule has 5 nitrogen and oxygen atoms in total. The highest BCUT2D eigenvalue weighted by Crippen LogP contribution is 2.22. The fraction of sp³-hybridized carbons (Fsp3) is 0. The molecule has 0 bridgehead atoms. The van der Waals surface area contributed by atoms with Gasteiger partial charge < -0.3 is 5.73 Å². The molecule has 0 spiro atoms. The molecule has 6 heteroatoms. The van der Waals surface area contributed by atoms with Gasteiger partial charge in [-0.3, -0.25) is 0 Å². The monoisotopic (exact) mass is 220 g/mol. The number of carbonyl (C=O) groups is 1. The highest BCUT2D eigenvalue weighted by atomic mass is 32.1. The van der Waals surface area contributed by atoms with Crippen LogP contribution in [-0.4, -0.2) is 15.6 Å². The van der Waals surface area contributed by atoms with E-state index in [4.69, 9.17) is 5.73 Å². The number of urea groups is 1. The van der Waals surface area contributed by atoms with Crippen molar-refractivity contribution in [3.63, 3.8) is 0 Å². The summed E-state index contributed by atoms with van der Waals surface area (Å²) in [7, 11) is 0. The first kappa shape index (κ1) is 9.60. The van der Waals surface area contributed by atoms with Crippen molar-refractivity contribution in [1.29, 1.82) is 0 Å². The maximum atomic E-state index is 11.3. The topological polar surface area (TPSA) is 72.1 Å². The number of aromatic nitrogens is 2. The SMILES string of the molecule is NC(=O)N(c1ccccc1)c1csnn1. The van der Waals surface area contributed by atoms with E-state index in [0.717, 1.165) is 0 Å². The second-order valence-electron chi connectivity index (χ2n) is 2.77. The molecule has 76 valence electrons. The van der Waals surface area contributed by atoms with Gasteiger partial charge in [0, 0.05) is 0 Å². The number of para-hydroxylation sites is 1. The van der Waals surface area contributed by atoms with Gasteiger partial charge in [-0.1, -0.05) is 22.7 Å². The van der Waals surface area contributed by atoms with E-state index in [2.05, 4.69) is 9.59 Å². The molecule has 0 aliphatic carbocycles. The van der Waals surface area contributed by atoms with E-state index in [1.165, 1.54) is 16.4 Å². The number of amides is 2. The van der Waals surface area contributed by atoms with E-state index >= 15 is 0 Å². The molecular formula is C9H8N4OS. The molecule has 2 N–H and O–H groups in total. The third kappa shape index (κ3) is 1.94. The smallest absolute Gasteiger partial charge is 0.325 e. The Hall–Kier alpha value is -1.95. The number of hydrogen-bond acceptors (Lipinski definition) is 4. The minimum absolute atomic E-state index is 0.443. The second-order valence-corrected chi connectivity index (χ2v) is 3.38. The largest absolute Gasteiger partial charge is 0.351 e. The van der Waals surface area contributed by atoms with Crippen LogP contribution in [0.4, 0.5) is 16.3 Å². The standard InChI is InChI=1S/C9H8N4OS/c10-9(14)13(8-6-15-12-11-8)7-4-2-1-3-5-7/h1-6H,(H2,10,14). The quantitative estimate of drug-likeness (QED) is 0.838. The van der Waals surface area contributed by atoms with Crippen molar-refractivity contribution >= 4 is 29.1 Å². The molecule has 0 unspecified atom stereocenters. The molecule has 2 amide bonds. The molecule has 1 aromatic carbocycles. The third-order valence-corrected chi connectivity index (χ3v) is 2.30. The van der Waals surface area contributed by atoms with Crippen molar-refractivity contribution in [2.24, 2.45) is 5.73 Å². The van der Waals surface area contributed by atoms with Gasteiger partial charge in [0.15, 0.2) is 5.82 Å². The summed E-state index contributed by atoms with van der Waals surface area (Å²) in [6, 6.07) is 8.50. The van der Waals surface area contributed by atoms with Gasteiger partial charge >= 0.3 is 6.03 Å². The van der Waals surface area contributed by atoms with Crippen molar-refractivity contribution in [2.75, 3.05) is 4.90 Å². The highest BCUT2D eigenvalue weighted by molar-refractivity contribution is 7.03. The van der Waals surface area contributed by atoms with Crippen LogP contribution in [0.2, 0.25) is 0 Å². The van der Waals surface area contributed by atoms with Crippen molar-refractivity contribution in [3.8, 4) is 0 Å². The lowest BCUT2D eigenvalue weighted by Crippen LogP contribution is -2.31. The summed E-state index contributed by atoms with van der Waals surface area (Å²) in [5, 5.41) is 5.47. The summed E-state index contributed by atoms with van der Waals surface area (Å²) >= 11 is 1.17. The van der Waals surface area contributed by atoms with E-state index in [9.17, 15) is 4.79 Å². The van der Waals surface area contributed by atoms with E-state index in [1.807, 2.05) is 18.2 Å². The van der Waals surface area contributed by atoms with E-state index in [0.29, 0.717) is 11.5 Å². The molecule has 0 radical (unpaired) electrons. The normalized spacial score (nSPS) is 9.87. The van der Waals surface area contributed by atoms with Gasteiger partial charge in [0.05, 0.1) is 11.1 Å². The third-order valence-electron chi connectivity index (χ3n) is 1.81. The number of primary amides is 1. The van der Waals surface area contributed by atoms with Gasteiger partial charge in [0.2, 0.25) is 0 Å². The van der Waals surface area contributed by atoms with E-state index in [-0.39, 0.29) is 0 Å². The van der Waals surface area contributed by atoms with Crippen LogP contribution in [0.3, 0.4) is 0 Å². The van der Waals surface area contributed by atoms with Crippen LogP contribution in [-0.2, 0) is 0 Å².